The number of hydrogen-bond acceptors (Lipinski definition) is 6. The predicted octanol–water partition coefficient (Wildman–Crippen LogP) is -0.0543. The first-order chi connectivity index (χ1) is 9.29. The van der Waals surface area contributed by atoms with Gasteiger partial charge in [0.2, 0.25) is 10.0 Å². The van der Waals surface area contributed by atoms with Gasteiger partial charge in [0, 0.05) is 6.20 Å². The summed E-state index contributed by atoms with van der Waals surface area (Å²) in [6.45, 7) is 3.17. The fourth-order valence-corrected chi connectivity index (χ4v) is 2.99. The van der Waals surface area contributed by atoms with Crippen molar-refractivity contribution in [3.8, 4) is 0 Å². The smallest absolute Gasteiger partial charge is 0.323 e. The van der Waals surface area contributed by atoms with Gasteiger partial charge < -0.3 is 10.5 Å². The Morgan fingerprint density at radius 2 is 2.25 bits per heavy atom. The van der Waals surface area contributed by atoms with Crippen molar-refractivity contribution in [3.05, 3.63) is 24.0 Å². The second kappa shape index (κ2) is 6.73. The van der Waals surface area contributed by atoms with E-state index < -0.39 is 22.0 Å². The normalized spacial score (nSPS) is 12.7. The summed E-state index contributed by atoms with van der Waals surface area (Å²) in [5.74, 6) is -0.670. The van der Waals surface area contributed by atoms with Crippen molar-refractivity contribution in [2.75, 3.05) is 6.61 Å². The third kappa shape index (κ3) is 3.95. The van der Waals surface area contributed by atoms with Crippen molar-refractivity contribution in [3.63, 3.8) is 0 Å². The Kier molecular flexibility index (Phi) is 5.54. The number of hydrogen-bond donors (Lipinski definition) is 2. The van der Waals surface area contributed by atoms with Crippen LogP contribution in [0.2, 0.25) is 0 Å². The number of pyridine rings is 1. The number of nitrogens with one attached hydrogen (secondary N) is 1. The summed E-state index contributed by atoms with van der Waals surface area (Å²) >= 11 is 4.76. The van der Waals surface area contributed by atoms with Crippen LogP contribution in [0.1, 0.15) is 19.5 Å². The molecule has 0 aliphatic carbocycles. The number of rotatable bonds is 6. The van der Waals surface area contributed by atoms with Gasteiger partial charge in [-0.15, -0.1) is 0 Å². The number of sulfonamides is 1. The molecular weight excluding hydrogens is 302 g/mol. The Labute approximate surface area is 122 Å². The summed E-state index contributed by atoms with van der Waals surface area (Å²) in [5, 5.41) is 0. The number of ether oxygens (including phenoxy) is 1. The van der Waals surface area contributed by atoms with Gasteiger partial charge in [-0.1, -0.05) is 12.2 Å². The first kappa shape index (κ1) is 16.5. The van der Waals surface area contributed by atoms with Gasteiger partial charge in [-0.25, -0.2) is 8.42 Å². The summed E-state index contributed by atoms with van der Waals surface area (Å²) in [6.07, 6.45) is 1.38. The van der Waals surface area contributed by atoms with Crippen molar-refractivity contribution in [2.24, 2.45) is 5.73 Å². The molecule has 110 valence electrons. The minimum atomic E-state index is -3.98. The summed E-state index contributed by atoms with van der Waals surface area (Å²) < 4.78 is 31.3. The zero-order valence-electron chi connectivity index (χ0n) is 11.0. The van der Waals surface area contributed by atoms with E-state index in [1.807, 2.05) is 0 Å². The minimum absolute atomic E-state index is 0.0222. The second-order valence-electron chi connectivity index (χ2n) is 3.81. The molecule has 0 saturated carbocycles. The van der Waals surface area contributed by atoms with Crippen LogP contribution >= 0.6 is 12.2 Å². The fourth-order valence-electron chi connectivity index (χ4n) is 1.40. The first-order valence-electron chi connectivity index (χ1n) is 5.73. The van der Waals surface area contributed by atoms with Gasteiger partial charge in [0.05, 0.1) is 6.61 Å². The molecule has 0 aliphatic heterocycles. The molecule has 7 nitrogen and oxygen atoms in total. The van der Waals surface area contributed by atoms with Crippen LogP contribution in [0.3, 0.4) is 0 Å². The number of esters is 1. The van der Waals surface area contributed by atoms with Crippen molar-refractivity contribution >= 4 is 33.2 Å². The lowest BCUT2D eigenvalue weighted by Crippen LogP contribution is -2.40. The van der Waals surface area contributed by atoms with Gasteiger partial charge in [-0.05, 0) is 26.0 Å². The average molecular weight is 317 g/mol. The highest BCUT2D eigenvalue weighted by Crippen LogP contribution is 2.13. The second-order valence-corrected chi connectivity index (χ2v) is 5.93. The topological polar surface area (TPSA) is 111 Å². The largest absolute Gasteiger partial charge is 0.465 e. The number of nitrogens with two attached hydrogens (primary N) is 1. The average Bonchev–Trinajstić information content (AvgIpc) is 2.38. The van der Waals surface area contributed by atoms with Gasteiger partial charge >= 0.3 is 5.97 Å². The van der Waals surface area contributed by atoms with Crippen molar-refractivity contribution < 1.29 is 17.9 Å². The number of carbonyl (C=O) groups is 1. The number of carbonyl (C=O) groups excluding carboxylic acids is 1. The molecule has 0 aliphatic rings. The molecule has 20 heavy (non-hydrogen) atoms. The summed E-state index contributed by atoms with van der Waals surface area (Å²) in [5.41, 5.74) is 5.41. The highest BCUT2D eigenvalue weighted by molar-refractivity contribution is 7.89. The standard InChI is InChI=1S/C11H15N3O4S2/c1-3-18-11(15)7(2)14-20(16,17)8-5-4-6-13-9(8)10(12)19/h4-7,14H,3H2,1-2H3,(H2,12,19). The number of aromatic nitrogens is 1. The van der Waals surface area contributed by atoms with Gasteiger partial charge in [-0.3, -0.25) is 9.78 Å². The van der Waals surface area contributed by atoms with E-state index in [1.165, 1.54) is 25.3 Å². The Hall–Kier alpha value is -1.58. The maximum Gasteiger partial charge on any atom is 0.323 e. The molecule has 0 amide bonds. The Morgan fingerprint density at radius 3 is 2.80 bits per heavy atom. The van der Waals surface area contributed by atoms with Crippen molar-refractivity contribution in [1.82, 2.24) is 9.71 Å². The highest BCUT2D eigenvalue weighted by atomic mass is 32.2. The molecule has 1 aromatic heterocycles. The molecule has 1 atom stereocenters. The molecule has 1 rings (SSSR count). The molecule has 0 spiro atoms. The molecule has 9 heteroatoms. The summed E-state index contributed by atoms with van der Waals surface area (Å²) in [7, 11) is -3.98. The Bertz CT molecular complexity index is 616. The monoisotopic (exact) mass is 317 g/mol. The summed E-state index contributed by atoms with van der Waals surface area (Å²) in [4.78, 5) is 15.0. The lowest BCUT2D eigenvalue weighted by Gasteiger charge is -2.14. The Morgan fingerprint density at radius 1 is 1.60 bits per heavy atom. The van der Waals surface area contributed by atoms with Crippen LogP contribution < -0.4 is 10.5 Å². The SMILES string of the molecule is CCOC(=O)C(C)NS(=O)(=O)c1cccnc1C(N)=S. The van der Waals surface area contributed by atoms with Crippen LogP contribution in [0.15, 0.2) is 23.2 Å². The van der Waals surface area contributed by atoms with Gasteiger partial charge in [0.15, 0.2) is 0 Å². The van der Waals surface area contributed by atoms with Gasteiger partial charge in [-0.2, -0.15) is 4.72 Å². The van der Waals surface area contributed by atoms with Crippen LogP contribution in [0.25, 0.3) is 0 Å². The maximum atomic E-state index is 12.2. The third-order valence-corrected chi connectivity index (χ3v) is 4.03. The zero-order valence-corrected chi connectivity index (χ0v) is 12.6. The van der Waals surface area contributed by atoms with Crippen LogP contribution in [0.4, 0.5) is 0 Å². The van der Waals surface area contributed by atoms with E-state index in [1.54, 1.807) is 6.92 Å². The third-order valence-electron chi connectivity index (χ3n) is 2.27. The van der Waals surface area contributed by atoms with E-state index >= 15 is 0 Å². The number of thiocarbonyl (C=S) groups is 1. The van der Waals surface area contributed by atoms with E-state index in [9.17, 15) is 13.2 Å². The van der Waals surface area contributed by atoms with Crippen LogP contribution in [-0.2, 0) is 19.6 Å². The molecule has 1 unspecified atom stereocenters. The van der Waals surface area contributed by atoms with Gasteiger partial charge in [0.25, 0.3) is 0 Å². The van der Waals surface area contributed by atoms with E-state index in [2.05, 4.69) is 9.71 Å². The molecule has 0 aromatic carbocycles. The van der Waals surface area contributed by atoms with E-state index in [4.69, 9.17) is 22.7 Å². The summed E-state index contributed by atoms with van der Waals surface area (Å²) in [6, 6.07) is 1.71. The molecule has 0 saturated heterocycles. The molecule has 1 aromatic rings. The molecule has 3 N–H and O–H groups in total. The molecule has 0 fully saturated rings. The maximum absolute atomic E-state index is 12.2. The molecule has 0 bridgehead atoms. The zero-order chi connectivity index (χ0) is 15.3. The van der Waals surface area contributed by atoms with Crippen LogP contribution in [-0.4, -0.2) is 37.0 Å². The lowest BCUT2D eigenvalue weighted by atomic mass is 10.3. The van der Waals surface area contributed by atoms with Crippen molar-refractivity contribution in [1.29, 1.82) is 0 Å². The highest BCUT2D eigenvalue weighted by Gasteiger charge is 2.26. The fraction of sp³-hybridized carbons (Fsp3) is 0.364. The Balaban J connectivity index is 3.06. The number of nitrogens with zero attached hydrogens (tertiary/aromatic N) is 1. The molecule has 1 heterocycles. The van der Waals surface area contributed by atoms with Crippen LogP contribution in [0, 0.1) is 0 Å². The van der Waals surface area contributed by atoms with E-state index in [-0.39, 0.29) is 22.2 Å². The lowest BCUT2D eigenvalue weighted by molar-refractivity contribution is -0.144. The van der Waals surface area contributed by atoms with Crippen LogP contribution in [0.5, 0.6) is 0 Å². The van der Waals surface area contributed by atoms with E-state index in [0.717, 1.165) is 0 Å². The van der Waals surface area contributed by atoms with Crippen molar-refractivity contribution in [2.45, 2.75) is 24.8 Å². The first-order valence-corrected chi connectivity index (χ1v) is 7.62. The minimum Gasteiger partial charge on any atom is -0.465 e. The quantitative estimate of drug-likeness (QED) is 0.558. The molecular formula is C11H15N3O4S2. The van der Waals surface area contributed by atoms with E-state index in [0.29, 0.717) is 0 Å². The molecule has 0 radical (unpaired) electrons. The van der Waals surface area contributed by atoms with Gasteiger partial charge in [0.1, 0.15) is 21.6 Å². The predicted molar refractivity (Wildman–Crippen MR) is 76.5 cm³/mol.